The van der Waals surface area contributed by atoms with Gasteiger partial charge in [-0.3, -0.25) is 0 Å². The number of ether oxygens (including phenoxy) is 1. The van der Waals surface area contributed by atoms with Gasteiger partial charge in [-0.1, -0.05) is 41.5 Å². The zero-order valence-electron chi connectivity index (χ0n) is 21.7. The third-order valence-electron chi connectivity index (χ3n) is 6.56. The number of allylic oxidation sites excluding steroid dienone is 2. The predicted octanol–water partition coefficient (Wildman–Crippen LogP) is 8.12. The Hall–Kier alpha value is -2.52. The van der Waals surface area contributed by atoms with E-state index < -0.39 is 8.32 Å². The normalized spacial score (nSPS) is 20.3. The summed E-state index contributed by atoms with van der Waals surface area (Å²) < 4.78 is 13.4. The van der Waals surface area contributed by atoms with Crippen LogP contribution in [0.4, 0.5) is 0 Å². The maximum atomic E-state index is 6.79. The molecule has 0 spiro atoms. The topological polar surface area (TPSA) is 18.5 Å². The van der Waals surface area contributed by atoms with Crippen LogP contribution in [0.2, 0.25) is 19.6 Å². The second kappa shape index (κ2) is 8.68. The fourth-order valence-electron chi connectivity index (χ4n) is 5.53. The van der Waals surface area contributed by atoms with Crippen LogP contribution in [0.25, 0.3) is 11.5 Å². The van der Waals surface area contributed by atoms with Gasteiger partial charge in [0.15, 0.2) is 0 Å². The average molecular weight is 459 g/mol. The molecule has 1 aliphatic carbocycles. The van der Waals surface area contributed by atoms with Gasteiger partial charge >= 0.3 is 0 Å². The zero-order chi connectivity index (χ0) is 24.1. The van der Waals surface area contributed by atoms with Gasteiger partial charge < -0.3 is 9.16 Å². The number of benzene rings is 2. The van der Waals surface area contributed by atoms with Crippen molar-refractivity contribution in [3.8, 4) is 0 Å². The van der Waals surface area contributed by atoms with Crippen LogP contribution in [0.1, 0.15) is 50.9 Å². The van der Waals surface area contributed by atoms with Gasteiger partial charge in [-0.15, -0.1) is 0 Å². The second-order valence-electron chi connectivity index (χ2n) is 10.9. The molecular formula is C30H38O2Si. The maximum Gasteiger partial charge on any atom is 0.242 e. The molecule has 174 valence electrons. The summed E-state index contributed by atoms with van der Waals surface area (Å²) in [5, 5.41) is 0. The van der Waals surface area contributed by atoms with E-state index >= 15 is 0 Å². The molecule has 2 aliphatic rings. The quantitative estimate of drug-likeness (QED) is 0.256. The van der Waals surface area contributed by atoms with Gasteiger partial charge in [-0.25, -0.2) is 0 Å². The Morgan fingerprint density at radius 2 is 1.42 bits per heavy atom. The fraction of sp³-hybridized carbons (Fsp3) is 0.400. The zero-order valence-corrected chi connectivity index (χ0v) is 22.7. The van der Waals surface area contributed by atoms with Crippen molar-refractivity contribution < 1.29 is 9.16 Å². The summed E-state index contributed by atoms with van der Waals surface area (Å²) in [7, 11) is -1.85. The summed E-state index contributed by atoms with van der Waals surface area (Å²) in [5.41, 5.74) is 11.4. The third kappa shape index (κ3) is 4.75. The summed E-state index contributed by atoms with van der Waals surface area (Å²) >= 11 is 0. The summed E-state index contributed by atoms with van der Waals surface area (Å²) in [6.07, 6.45) is 7.92. The SMILES string of the molecule is Cc1cc(C)c(C2=C(/C=C(\O[Si](C)(C)C)c3c(C)cc(C)cc3C)[C@H]3CC=C[C@H]3O2)c(C)c1. The molecule has 2 nitrogen and oxygen atoms in total. The molecule has 0 aromatic heterocycles. The molecule has 3 heteroatoms. The molecule has 0 radical (unpaired) electrons. The molecule has 0 N–H and O–H groups in total. The minimum Gasteiger partial charge on any atom is -0.544 e. The van der Waals surface area contributed by atoms with Gasteiger partial charge in [-0.2, -0.15) is 0 Å². The second-order valence-corrected chi connectivity index (χ2v) is 15.3. The monoisotopic (exact) mass is 458 g/mol. The lowest BCUT2D eigenvalue weighted by Crippen LogP contribution is -2.25. The van der Waals surface area contributed by atoms with Crippen molar-refractivity contribution in [2.45, 2.75) is 73.7 Å². The molecule has 0 unspecified atom stereocenters. The van der Waals surface area contributed by atoms with Gasteiger partial charge in [0.25, 0.3) is 0 Å². The number of hydrogen-bond donors (Lipinski definition) is 0. The van der Waals surface area contributed by atoms with Gasteiger partial charge in [-0.05, 0) is 102 Å². The predicted molar refractivity (Wildman–Crippen MR) is 143 cm³/mol. The number of fused-ring (bicyclic) bond motifs is 1. The lowest BCUT2D eigenvalue weighted by atomic mass is 9.89. The summed E-state index contributed by atoms with van der Waals surface area (Å²) in [6, 6.07) is 9.05. The first-order valence-corrected chi connectivity index (χ1v) is 15.5. The standard InChI is InChI=1S/C30H38O2Si/c1-18-13-20(3)28(21(4)14-18)27(32-33(7,8)9)17-25-24-11-10-12-26(24)31-30(25)29-22(5)15-19(2)16-23(29)6/h10,12-17,24,26H,11H2,1-9H3/b27-17-/t24-,26-/m1/s1. The highest BCUT2D eigenvalue weighted by molar-refractivity contribution is 6.70. The number of aryl methyl sites for hydroxylation is 6. The third-order valence-corrected chi connectivity index (χ3v) is 7.39. The summed E-state index contributed by atoms with van der Waals surface area (Å²) in [6.45, 7) is 19.9. The molecule has 2 aromatic carbocycles. The summed E-state index contributed by atoms with van der Waals surface area (Å²) in [5.74, 6) is 2.37. The van der Waals surface area contributed by atoms with E-state index in [1.807, 2.05) is 0 Å². The van der Waals surface area contributed by atoms with Gasteiger partial charge in [0.1, 0.15) is 17.6 Å². The van der Waals surface area contributed by atoms with Gasteiger partial charge in [0.2, 0.25) is 8.32 Å². The van der Waals surface area contributed by atoms with E-state index in [1.165, 1.54) is 50.1 Å². The van der Waals surface area contributed by atoms with Crippen LogP contribution < -0.4 is 0 Å². The first-order valence-electron chi connectivity index (χ1n) is 12.1. The van der Waals surface area contributed by atoms with Crippen molar-refractivity contribution in [2.24, 2.45) is 5.92 Å². The van der Waals surface area contributed by atoms with E-state index in [9.17, 15) is 0 Å². The molecule has 0 fully saturated rings. The molecule has 33 heavy (non-hydrogen) atoms. The van der Waals surface area contributed by atoms with Crippen LogP contribution in [-0.4, -0.2) is 14.4 Å². The van der Waals surface area contributed by atoms with Crippen LogP contribution in [0.15, 0.2) is 48.1 Å². The number of hydrogen-bond acceptors (Lipinski definition) is 2. The Bertz CT molecular complexity index is 1140. The van der Waals surface area contributed by atoms with Crippen molar-refractivity contribution in [2.75, 3.05) is 0 Å². The van der Waals surface area contributed by atoms with E-state index in [-0.39, 0.29) is 6.10 Å². The minimum atomic E-state index is -1.85. The van der Waals surface area contributed by atoms with Crippen molar-refractivity contribution in [3.05, 3.63) is 92.6 Å². The largest absolute Gasteiger partial charge is 0.544 e. The number of rotatable bonds is 5. The highest BCUT2D eigenvalue weighted by atomic mass is 28.4. The molecule has 0 bridgehead atoms. The van der Waals surface area contributed by atoms with Crippen LogP contribution in [0.3, 0.4) is 0 Å². The van der Waals surface area contributed by atoms with E-state index in [0.717, 1.165) is 17.9 Å². The first-order chi connectivity index (χ1) is 15.4. The van der Waals surface area contributed by atoms with Crippen molar-refractivity contribution in [3.63, 3.8) is 0 Å². The first kappa shape index (κ1) is 23.6. The molecule has 0 saturated carbocycles. The highest BCUT2D eigenvalue weighted by Crippen LogP contribution is 2.46. The summed E-state index contributed by atoms with van der Waals surface area (Å²) in [4.78, 5) is 0. The molecule has 2 atom stereocenters. The Labute approximate surface area is 201 Å². The lowest BCUT2D eigenvalue weighted by Gasteiger charge is -2.25. The molecule has 1 aliphatic heterocycles. The van der Waals surface area contributed by atoms with Crippen LogP contribution in [-0.2, 0) is 9.16 Å². The average Bonchev–Trinajstić information content (AvgIpc) is 3.21. The van der Waals surface area contributed by atoms with Crippen molar-refractivity contribution in [1.82, 2.24) is 0 Å². The van der Waals surface area contributed by atoms with E-state index in [0.29, 0.717) is 5.92 Å². The molecule has 0 amide bonds. The minimum absolute atomic E-state index is 0.111. The fourth-order valence-corrected chi connectivity index (χ4v) is 6.35. The molecule has 2 aromatic rings. The van der Waals surface area contributed by atoms with Gasteiger partial charge in [0, 0.05) is 22.6 Å². The van der Waals surface area contributed by atoms with Crippen LogP contribution in [0, 0.1) is 47.5 Å². The Balaban J connectivity index is 1.96. The van der Waals surface area contributed by atoms with Crippen molar-refractivity contribution >= 4 is 19.8 Å². The Kier molecular flexibility index (Phi) is 6.22. The Morgan fingerprint density at radius 3 is 1.97 bits per heavy atom. The molecule has 0 saturated heterocycles. The highest BCUT2D eigenvalue weighted by Gasteiger charge is 2.38. The van der Waals surface area contributed by atoms with Crippen molar-refractivity contribution in [1.29, 1.82) is 0 Å². The smallest absolute Gasteiger partial charge is 0.242 e. The molecule has 1 heterocycles. The van der Waals surface area contributed by atoms with Crippen LogP contribution in [0.5, 0.6) is 0 Å². The molecule has 4 rings (SSSR count). The van der Waals surface area contributed by atoms with E-state index in [2.05, 4.69) is 104 Å². The van der Waals surface area contributed by atoms with Crippen LogP contribution >= 0.6 is 0 Å². The molecular weight excluding hydrogens is 420 g/mol. The maximum absolute atomic E-state index is 6.79. The Morgan fingerprint density at radius 1 is 0.879 bits per heavy atom. The lowest BCUT2D eigenvalue weighted by molar-refractivity contribution is 0.207. The van der Waals surface area contributed by atoms with E-state index in [1.54, 1.807) is 0 Å². The van der Waals surface area contributed by atoms with Gasteiger partial charge in [0.05, 0.1) is 0 Å². The van der Waals surface area contributed by atoms with E-state index in [4.69, 9.17) is 9.16 Å².